The van der Waals surface area contributed by atoms with Crippen LogP contribution in [0.4, 0.5) is 26.3 Å². The van der Waals surface area contributed by atoms with Gasteiger partial charge in [0.25, 0.3) is 0 Å². The first kappa shape index (κ1) is 22.5. The quantitative estimate of drug-likeness (QED) is 0.674. The molecule has 4 nitrogen and oxygen atoms in total. The van der Waals surface area contributed by atoms with Crippen LogP contribution in [0.25, 0.3) is 0 Å². The molecule has 1 aromatic carbocycles. The number of nitrogens with zero attached hydrogens (tertiary/aromatic N) is 1. The molecular formula is C19H18F6N2O2. The molecule has 0 aliphatic rings. The smallest absolute Gasteiger partial charge is 0.417 e. The van der Waals surface area contributed by atoms with Crippen molar-refractivity contribution in [3.05, 3.63) is 58.8 Å². The van der Waals surface area contributed by atoms with Crippen molar-refractivity contribution in [2.24, 2.45) is 0 Å². The molecular weight excluding hydrogens is 402 g/mol. The zero-order valence-corrected chi connectivity index (χ0v) is 15.5. The van der Waals surface area contributed by atoms with Gasteiger partial charge in [0.15, 0.2) is 0 Å². The van der Waals surface area contributed by atoms with E-state index in [4.69, 9.17) is 4.74 Å². The number of aromatic nitrogens is 1. The van der Waals surface area contributed by atoms with Gasteiger partial charge in [-0.2, -0.15) is 26.3 Å². The van der Waals surface area contributed by atoms with Gasteiger partial charge in [-0.15, -0.1) is 0 Å². The van der Waals surface area contributed by atoms with Gasteiger partial charge in [0.2, 0.25) is 11.8 Å². The topological polar surface area (TPSA) is 51.2 Å². The highest BCUT2D eigenvalue weighted by Crippen LogP contribution is 2.33. The van der Waals surface area contributed by atoms with Crippen molar-refractivity contribution in [2.75, 3.05) is 7.11 Å². The maximum absolute atomic E-state index is 12.9. The fourth-order valence-corrected chi connectivity index (χ4v) is 2.77. The van der Waals surface area contributed by atoms with Gasteiger partial charge in [-0.3, -0.25) is 4.79 Å². The summed E-state index contributed by atoms with van der Waals surface area (Å²) in [6.45, 7) is 1.30. The Balaban J connectivity index is 2.21. The Morgan fingerprint density at radius 3 is 2.31 bits per heavy atom. The normalized spacial score (nSPS) is 13.1. The molecule has 0 spiro atoms. The Morgan fingerprint density at radius 1 is 1.10 bits per heavy atom. The maximum Gasteiger partial charge on any atom is 0.417 e. The van der Waals surface area contributed by atoms with Crippen molar-refractivity contribution in [3.63, 3.8) is 0 Å². The minimum Gasteiger partial charge on any atom is -0.481 e. The van der Waals surface area contributed by atoms with Gasteiger partial charge in [-0.05, 0) is 24.1 Å². The van der Waals surface area contributed by atoms with Crippen LogP contribution in [0.2, 0.25) is 0 Å². The molecule has 0 fully saturated rings. The summed E-state index contributed by atoms with van der Waals surface area (Å²) in [5.74, 6) is -1.61. The summed E-state index contributed by atoms with van der Waals surface area (Å²) >= 11 is 0. The van der Waals surface area contributed by atoms with Crippen LogP contribution < -0.4 is 10.1 Å². The number of nitrogens with one attached hydrogen (secondary N) is 1. The predicted molar refractivity (Wildman–Crippen MR) is 92.1 cm³/mol. The SMILES string of the molecule is CCC(C(=O)NCc1cc(C(F)(F)F)cnc1OC)c1cccc(C(F)(F)F)c1. The average Bonchev–Trinajstić information content (AvgIpc) is 2.65. The minimum atomic E-state index is -4.62. The van der Waals surface area contributed by atoms with Crippen LogP contribution in [0.1, 0.15) is 41.5 Å². The van der Waals surface area contributed by atoms with Gasteiger partial charge >= 0.3 is 12.4 Å². The Labute approximate surface area is 162 Å². The first-order valence-electron chi connectivity index (χ1n) is 8.52. The summed E-state index contributed by atoms with van der Waals surface area (Å²) in [6.07, 6.45) is -8.36. The van der Waals surface area contributed by atoms with E-state index in [2.05, 4.69) is 10.3 Å². The second-order valence-electron chi connectivity index (χ2n) is 6.19. The number of methoxy groups -OCH3 is 1. The molecule has 0 saturated carbocycles. The number of hydrogen-bond acceptors (Lipinski definition) is 3. The number of carbonyl (C=O) groups excluding carboxylic acids is 1. The highest BCUT2D eigenvalue weighted by Gasteiger charge is 2.33. The second kappa shape index (κ2) is 8.71. The molecule has 1 aromatic heterocycles. The number of halogens is 6. The zero-order chi connectivity index (χ0) is 21.8. The zero-order valence-electron chi connectivity index (χ0n) is 15.5. The van der Waals surface area contributed by atoms with Crippen molar-refractivity contribution in [3.8, 4) is 5.88 Å². The maximum atomic E-state index is 12.9. The first-order valence-corrected chi connectivity index (χ1v) is 8.52. The summed E-state index contributed by atoms with van der Waals surface area (Å²) < 4.78 is 82.3. The van der Waals surface area contributed by atoms with Crippen LogP contribution in [0, 0.1) is 0 Å². The summed E-state index contributed by atoms with van der Waals surface area (Å²) in [6, 6.07) is 5.19. The van der Waals surface area contributed by atoms with Crippen molar-refractivity contribution >= 4 is 5.91 Å². The highest BCUT2D eigenvalue weighted by molar-refractivity contribution is 5.83. The monoisotopic (exact) mass is 420 g/mol. The molecule has 1 atom stereocenters. The van der Waals surface area contributed by atoms with Crippen LogP contribution in [-0.2, 0) is 23.7 Å². The average molecular weight is 420 g/mol. The molecule has 0 aliphatic carbocycles. The van der Waals surface area contributed by atoms with E-state index in [1.807, 2.05) is 0 Å². The number of rotatable bonds is 6. The van der Waals surface area contributed by atoms with Crippen LogP contribution in [0.3, 0.4) is 0 Å². The number of pyridine rings is 1. The number of benzene rings is 1. The van der Waals surface area contributed by atoms with Crippen molar-refractivity contribution in [1.82, 2.24) is 10.3 Å². The predicted octanol–water partition coefficient (Wildman–Crippen LogP) is 4.94. The van der Waals surface area contributed by atoms with Crippen molar-refractivity contribution in [1.29, 1.82) is 0 Å². The van der Waals surface area contributed by atoms with E-state index >= 15 is 0 Å². The van der Waals surface area contributed by atoms with E-state index in [1.165, 1.54) is 19.2 Å². The summed E-state index contributed by atoms with van der Waals surface area (Å²) in [7, 11) is 1.22. The fourth-order valence-electron chi connectivity index (χ4n) is 2.77. The lowest BCUT2D eigenvalue weighted by molar-refractivity contribution is -0.138. The van der Waals surface area contributed by atoms with Gasteiger partial charge in [0.05, 0.1) is 24.2 Å². The Kier molecular flexibility index (Phi) is 6.76. The van der Waals surface area contributed by atoms with Gasteiger partial charge in [-0.1, -0.05) is 25.1 Å². The number of alkyl halides is 6. The van der Waals surface area contributed by atoms with Crippen LogP contribution in [-0.4, -0.2) is 18.0 Å². The van der Waals surface area contributed by atoms with Crippen LogP contribution in [0.15, 0.2) is 36.5 Å². The molecule has 1 amide bonds. The molecule has 1 unspecified atom stereocenters. The third-order valence-electron chi connectivity index (χ3n) is 4.24. The van der Waals surface area contributed by atoms with E-state index in [0.717, 1.165) is 18.2 Å². The van der Waals surface area contributed by atoms with E-state index in [9.17, 15) is 31.1 Å². The lowest BCUT2D eigenvalue weighted by Gasteiger charge is -2.18. The molecule has 158 valence electrons. The van der Waals surface area contributed by atoms with Crippen LogP contribution >= 0.6 is 0 Å². The number of amides is 1. The number of ether oxygens (including phenoxy) is 1. The first-order chi connectivity index (χ1) is 13.5. The number of hydrogen-bond donors (Lipinski definition) is 1. The van der Waals surface area contributed by atoms with Gasteiger partial charge in [-0.25, -0.2) is 4.98 Å². The van der Waals surface area contributed by atoms with Gasteiger partial charge in [0.1, 0.15) is 0 Å². The molecule has 1 N–H and O–H groups in total. The number of carbonyl (C=O) groups is 1. The Hall–Kier alpha value is -2.78. The molecule has 2 rings (SSSR count). The molecule has 10 heteroatoms. The highest BCUT2D eigenvalue weighted by atomic mass is 19.4. The largest absolute Gasteiger partial charge is 0.481 e. The summed E-state index contributed by atoms with van der Waals surface area (Å²) in [5.41, 5.74) is -1.74. The molecule has 0 radical (unpaired) electrons. The van der Waals surface area contributed by atoms with E-state index in [1.54, 1.807) is 6.92 Å². The second-order valence-corrected chi connectivity index (χ2v) is 6.19. The van der Waals surface area contributed by atoms with Crippen molar-refractivity contribution < 1.29 is 35.9 Å². The van der Waals surface area contributed by atoms with E-state index in [-0.39, 0.29) is 30.0 Å². The van der Waals surface area contributed by atoms with E-state index in [0.29, 0.717) is 6.20 Å². The molecule has 0 aliphatic heterocycles. The molecule has 2 aromatic rings. The molecule has 0 bridgehead atoms. The molecule has 0 saturated heterocycles. The molecule has 29 heavy (non-hydrogen) atoms. The summed E-state index contributed by atoms with van der Waals surface area (Å²) in [5, 5.41) is 2.45. The lowest BCUT2D eigenvalue weighted by Crippen LogP contribution is -2.29. The van der Waals surface area contributed by atoms with Crippen molar-refractivity contribution in [2.45, 2.75) is 38.2 Å². The third kappa shape index (κ3) is 5.61. The molecule has 1 heterocycles. The van der Waals surface area contributed by atoms with Crippen LogP contribution in [0.5, 0.6) is 5.88 Å². The van der Waals surface area contributed by atoms with E-state index < -0.39 is 35.3 Å². The standard InChI is InChI=1S/C19H18F6N2O2/c1-3-15(11-5-4-6-13(7-11)18(20,21)22)16(28)26-9-12-8-14(19(23,24)25)10-27-17(12)29-2/h4-8,10,15H,3,9H2,1-2H3,(H,26,28). The van der Waals surface area contributed by atoms with Gasteiger partial charge < -0.3 is 10.1 Å². The van der Waals surface area contributed by atoms with Gasteiger partial charge in [0, 0.05) is 18.3 Å². The summed E-state index contributed by atoms with van der Waals surface area (Å²) in [4.78, 5) is 16.1. The lowest BCUT2D eigenvalue weighted by atomic mass is 9.94. The fraction of sp³-hybridized carbons (Fsp3) is 0.368. The minimum absolute atomic E-state index is 0.00503. The Morgan fingerprint density at radius 2 is 1.76 bits per heavy atom. The Bertz CT molecular complexity index is 865. The third-order valence-corrected chi connectivity index (χ3v) is 4.24.